The van der Waals surface area contributed by atoms with E-state index in [9.17, 15) is 8.42 Å². The van der Waals surface area contributed by atoms with Gasteiger partial charge in [-0.15, -0.1) is 5.10 Å². The number of hydrogen-bond acceptors (Lipinski definition) is 4. The average molecular weight is 370 g/mol. The van der Waals surface area contributed by atoms with E-state index in [1.165, 1.54) is 4.31 Å². The molecular weight excluding hydrogens is 354 g/mol. The Morgan fingerprint density at radius 1 is 1.10 bits per heavy atom. The Kier molecular flexibility index (Phi) is 4.95. The molecule has 1 aromatic carbocycles. The van der Waals surface area contributed by atoms with Crippen molar-refractivity contribution in [1.29, 1.82) is 0 Å². The van der Waals surface area contributed by atoms with Crippen molar-refractivity contribution in [2.24, 2.45) is 0 Å². The number of aromatic nitrogens is 2. The number of nitrogens with zero attached hydrogens (tertiary/aromatic N) is 3. The fourth-order valence-electron chi connectivity index (χ4n) is 1.90. The van der Waals surface area contributed by atoms with Crippen LogP contribution in [-0.2, 0) is 15.8 Å². The molecule has 0 amide bonds. The fraction of sp³-hybridized carbons (Fsp3) is 0.286. The number of sulfonamides is 1. The molecule has 21 heavy (non-hydrogen) atoms. The summed E-state index contributed by atoms with van der Waals surface area (Å²) in [5.74, 6) is 0.282. The van der Waals surface area contributed by atoms with Crippen LogP contribution < -0.4 is 4.31 Å². The summed E-state index contributed by atoms with van der Waals surface area (Å²) in [5, 5.41) is 7.88. The lowest BCUT2D eigenvalue weighted by molar-refractivity contribution is 0.590. The zero-order valence-electron chi connectivity index (χ0n) is 11.8. The minimum Gasteiger partial charge on any atom is -0.252 e. The van der Waals surface area contributed by atoms with Crippen LogP contribution in [0.5, 0.6) is 0 Å². The summed E-state index contributed by atoms with van der Waals surface area (Å²) in [6.45, 7) is 3.90. The summed E-state index contributed by atoms with van der Waals surface area (Å²) in [5.41, 5.74) is 1.48. The zero-order valence-corrected chi connectivity index (χ0v) is 14.2. The van der Waals surface area contributed by atoms with Gasteiger partial charge in [-0.2, -0.15) is 5.10 Å². The molecule has 1 aromatic heterocycles. The third kappa shape index (κ3) is 4.01. The molecule has 0 radical (unpaired) electrons. The lowest BCUT2D eigenvalue weighted by Crippen LogP contribution is -2.32. The van der Waals surface area contributed by atoms with Crippen LogP contribution in [0, 0.1) is 6.92 Å². The van der Waals surface area contributed by atoms with Crippen LogP contribution in [-0.4, -0.2) is 25.2 Å². The van der Waals surface area contributed by atoms with Gasteiger partial charge in [-0.1, -0.05) is 28.1 Å². The van der Waals surface area contributed by atoms with Crippen LogP contribution in [0.25, 0.3) is 0 Å². The Morgan fingerprint density at radius 2 is 1.76 bits per heavy atom. The minimum atomic E-state index is -3.49. The summed E-state index contributed by atoms with van der Waals surface area (Å²) < 4.78 is 27.3. The number of aryl methyl sites for hydroxylation is 1. The van der Waals surface area contributed by atoms with Gasteiger partial charge in [0.05, 0.1) is 11.4 Å². The molecule has 0 atom stereocenters. The Hall–Kier alpha value is -1.47. The third-order valence-corrected chi connectivity index (χ3v) is 5.27. The molecule has 0 bridgehead atoms. The quantitative estimate of drug-likeness (QED) is 0.812. The van der Waals surface area contributed by atoms with E-state index in [1.807, 2.05) is 19.1 Å². The van der Waals surface area contributed by atoms with Gasteiger partial charge in [0.1, 0.15) is 0 Å². The summed E-state index contributed by atoms with van der Waals surface area (Å²) in [6, 6.07) is 10.7. The van der Waals surface area contributed by atoms with Crippen molar-refractivity contribution in [1.82, 2.24) is 10.2 Å². The Bertz CT molecular complexity index is 700. The first-order valence-electron chi connectivity index (χ1n) is 6.47. The largest absolute Gasteiger partial charge is 0.252 e. The number of hydrogen-bond donors (Lipinski definition) is 0. The molecule has 0 saturated carbocycles. The molecule has 0 aliphatic carbocycles. The third-order valence-electron chi connectivity index (χ3n) is 2.92. The summed E-state index contributed by atoms with van der Waals surface area (Å²) in [7, 11) is -3.49. The number of halogens is 1. The smallest absolute Gasteiger partial charge is 0.240 e. The summed E-state index contributed by atoms with van der Waals surface area (Å²) in [6.07, 6.45) is 0. The van der Waals surface area contributed by atoms with Gasteiger partial charge in [-0.05, 0) is 43.7 Å². The monoisotopic (exact) mass is 369 g/mol. The second-order valence-corrected chi connectivity index (χ2v) is 7.39. The Labute approximate surface area is 133 Å². The van der Waals surface area contributed by atoms with Gasteiger partial charge in [0.15, 0.2) is 5.82 Å². The van der Waals surface area contributed by atoms with Gasteiger partial charge < -0.3 is 0 Å². The predicted molar refractivity (Wildman–Crippen MR) is 86.6 cm³/mol. The van der Waals surface area contributed by atoms with Crippen LogP contribution in [0.15, 0.2) is 40.9 Å². The minimum absolute atomic E-state index is 0.0658. The molecule has 0 spiro atoms. The molecule has 7 heteroatoms. The molecular formula is C14H16BrN3O2S. The van der Waals surface area contributed by atoms with E-state index >= 15 is 0 Å². The normalized spacial score (nSPS) is 11.4. The highest BCUT2D eigenvalue weighted by atomic mass is 79.9. The first-order chi connectivity index (χ1) is 9.92. The lowest BCUT2D eigenvalue weighted by Gasteiger charge is -2.21. The molecule has 2 aromatic rings. The van der Waals surface area contributed by atoms with E-state index in [2.05, 4.69) is 26.1 Å². The standard InChI is InChI=1S/C14H16BrN3O2S/c1-3-18(14-9-4-11(2)16-17-14)21(19,20)10-12-5-7-13(15)8-6-12/h4-9H,3,10H2,1-2H3. The highest BCUT2D eigenvalue weighted by Gasteiger charge is 2.22. The van der Waals surface area contributed by atoms with Gasteiger partial charge in [-0.25, -0.2) is 8.42 Å². The van der Waals surface area contributed by atoms with Crippen molar-refractivity contribution < 1.29 is 8.42 Å². The van der Waals surface area contributed by atoms with Crippen molar-refractivity contribution in [3.63, 3.8) is 0 Å². The van der Waals surface area contributed by atoms with Crippen molar-refractivity contribution in [3.8, 4) is 0 Å². The maximum Gasteiger partial charge on any atom is 0.240 e. The maximum atomic E-state index is 12.5. The topological polar surface area (TPSA) is 63.2 Å². The van der Waals surface area contributed by atoms with Gasteiger partial charge in [0.2, 0.25) is 10.0 Å². The first-order valence-corrected chi connectivity index (χ1v) is 8.88. The van der Waals surface area contributed by atoms with Crippen molar-refractivity contribution in [3.05, 3.63) is 52.1 Å². The van der Waals surface area contributed by atoms with E-state index in [-0.39, 0.29) is 5.75 Å². The molecule has 5 nitrogen and oxygen atoms in total. The van der Waals surface area contributed by atoms with Gasteiger partial charge >= 0.3 is 0 Å². The number of anilines is 1. The Balaban J connectivity index is 2.27. The van der Waals surface area contributed by atoms with Crippen molar-refractivity contribution >= 4 is 31.8 Å². The number of benzene rings is 1. The highest BCUT2D eigenvalue weighted by molar-refractivity contribution is 9.10. The van der Waals surface area contributed by atoms with Crippen LogP contribution >= 0.6 is 15.9 Å². The first kappa shape index (κ1) is 15.9. The van der Waals surface area contributed by atoms with Crippen LogP contribution in [0.2, 0.25) is 0 Å². The number of rotatable bonds is 5. The van der Waals surface area contributed by atoms with Crippen molar-refractivity contribution in [2.45, 2.75) is 19.6 Å². The SMILES string of the molecule is CCN(c1ccc(C)nn1)S(=O)(=O)Cc1ccc(Br)cc1. The van der Waals surface area contributed by atoms with Crippen LogP contribution in [0.4, 0.5) is 5.82 Å². The molecule has 0 saturated heterocycles. The lowest BCUT2D eigenvalue weighted by atomic mass is 10.2. The maximum absolute atomic E-state index is 12.5. The van der Waals surface area contributed by atoms with E-state index < -0.39 is 10.0 Å². The molecule has 0 fully saturated rings. The molecule has 112 valence electrons. The highest BCUT2D eigenvalue weighted by Crippen LogP contribution is 2.19. The summed E-state index contributed by atoms with van der Waals surface area (Å²) >= 11 is 3.33. The van der Waals surface area contributed by atoms with E-state index in [1.54, 1.807) is 31.2 Å². The predicted octanol–water partition coefficient (Wildman–Crippen LogP) is 2.90. The molecule has 2 rings (SSSR count). The Morgan fingerprint density at radius 3 is 2.29 bits per heavy atom. The van der Waals surface area contributed by atoms with Crippen LogP contribution in [0.3, 0.4) is 0 Å². The van der Waals surface area contributed by atoms with Gasteiger partial charge in [-0.3, -0.25) is 4.31 Å². The van der Waals surface area contributed by atoms with E-state index in [0.29, 0.717) is 12.4 Å². The second kappa shape index (κ2) is 6.53. The van der Waals surface area contributed by atoms with Gasteiger partial charge in [0, 0.05) is 11.0 Å². The summed E-state index contributed by atoms with van der Waals surface area (Å²) in [4.78, 5) is 0. The molecule has 0 aliphatic rings. The van der Waals surface area contributed by atoms with Crippen LogP contribution in [0.1, 0.15) is 18.2 Å². The van der Waals surface area contributed by atoms with E-state index in [4.69, 9.17) is 0 Å². The zero-order chi connectivity index (χ0) is 15.5. The molecule has 0 unspecified atom stereocenters. The molecule has 0 N–H and O–H groups in total. The molecule has 0 aliphatic heterocycles. The molecule has 1 heterocycles. The average Bonchev–Trinajstić information content (AvgIpc) is 2.44. The fourth-order valence-corrected chi connectivity index (χ4v) is 3.70. The van der Waals surface area contributed by atoms with Crippen molar-refractivity contribution in [2.75, 3.05) is 10.8 Å². The second-order valence-electron chi connectivity index (χ2n) is 4.58. The van der Waals surface area contributed by atoms with Gasteiger partial charge in [0.25, 0.3) is 0 Å². The van der Waals surface area contributed by atoms with E-state index in [0.717, 1.165) is 15.7 Å².